The van der Waals surface area contributed by atoms with E-state index >= 15 is 0 Å². The van der Waals surface area contributed by atoms with Gasteiger partial charge in [-0.1, -0.05) is 0 Å². The Hall–Kier alpha value is 0.0431. The van der Waals surface area contributed by atoms with Crippen LogP contribution in [0.5, 0.6) is 0 Å². The molecule has 5 nitrogen and oxygen atoms in total. The molecule has 0 aliphatic carbocycles. The van der Waals surface area contributed by atoms with Gasteiger partial charge in [0.1, 0.15) is 0 Å². The van der Waals surface area contributed by atoms with E-state index in [4.69, 9.17) is 15.3 Å². The number of hydrogen-bond acceptors (Lipinski definition) is 3. The predicted octanol–water partition coefficient (Wildman–Crippen LogP) is -1.44. The summed E-state index contributed by atoms with van der Waals surface area (Å²) in [5.41, 5.74) is 0. The van der Waals surface area contributed by atoms with Crippen molar-refractivity contribution in [2.24, 2.45) is 0 Å². The normalized spacial score (nSPS) is 4.00. The first-order valence-corrected chi connectivity index (χ1v) is 0.548. The first-order chi connectivity index (χ1) is 1.73. The number of hydrogen-bond donors (Lipinski definition) is 0. The zero-order valence-electron chi connectivity index (χ0n) is 2.62. The van der Waals surface area contributed by atoms with Gasteiger partial charge in [-0.05, 0) is 0 Å². The molecule has 0 aromatic carbocycles. The summed E-state index contributed by atoms with van der Waals surface area (Å²) in [6.07, 6.45) is 0. The van der Waals surface area contributed by atoms with Gasteiger partial charge in [0.25, 0.3) is 0 Å². The zero-order valence-corrected chi connectivity index (χ0v) is 6.10. The fourth-order valence-electron chi connectivity index (χ4n) is 0. The maximum Gasteiger partial charge on any atom is 3.00 e. The summed E-state index contributed by atoms with van der Waals surface area (Å²) in [4.78, 5) is 8.25. The van der Waals surface area contributed by atoms with Crippen LogP contribution in [0.4, 0.5) is 0 Å². The second-order valence-corrected chi connectivity index (χ2v) is 0.224. The first kappa shape index (κ1) is 16.6. The van der Waals surface area contributed by atoms with E-state index in [0.29, 0.717) is 0 Å². The van der Waals surface area contributed by atoms with Gasteiger partial charge < -0.3 is 20.8 Å². The summed E-state index contributed by atoms with van der Waals surface area (Å²) in [6, 6.07) is 0. The van der Waals surface area contributed by atoms with Gasteiger partial charge in [0, 0.05) is 0 Å². The van der Waals surface area contributed by atoms with Crippen molar-refractivity contribution in [2.45, 2.75) is 0 Å². The molecule has 2 radical (unpaired) electrons. The Bertz CT molecular complexity index is 30.5. The van der Waals surface area contributed by atoms with Crippen molar-refractivity contribution in [3.05, 3.63) is 15.3 Å². The van der Waals surface area contributed by atoms with Crippen molar-refractivity contribution in [1.82, 2.24) is 0 Å². The molecular weight excluding hydrogens is 287 g/mol. The Morgan fingerprint density at radius 1 is 1.33 bits per heavy atom. The van der Waals surface area contributed by atoms with Crippen LogP contribution in [-0.4, -0.2) is 36.8 Å². The summed E-state index contributed by atoms with van der Waals surface area (Å²) in [5, 5.41) is 14.8. The van der Waals surface area contributed by atoms with Crippen molar-refractivity contribution >= 4 is 26.2 Å². The second-order valence-electron chi connectivity index (χ2n) is 0.224. The van der Waals surface area contributed by atoms with Crippen molar-refractivity contribution in [2.75, 3.05) is 0 Å². The van der Waals surface area contributed by atoms with Gasteiger partial charge in [-0.3, -0.25) is 0 Å². The van der Waals surface area contributed by atoms with Crippen LogP contribution in [0.25, 0.3) is 0 Å². The molecule has 0 saturated heterocycles. The Balaban J connectivity index is -0.0000000450. The summed E-state index contributed by atoms with van der Waals surface area (Å²) in [6.45, 7) is 0. The average molecular weight is 289 g/mol. The first-order valence-electron chi connectivity index (χ1n) is 0.548. The quantitative estimate of drug-likeness (QED) is 0.310. The predicted molar refractivity (Wildman–Crippen MR) is 19.7 cm³/mol. The fraction of sp³-hybridized carbons (Fsp3) is 0. The maximum atomic E-state index is 8.25. The van der Waals surface area contributed by atoms with Crippen LogP contribution in [0.3, 0.4) is 0 Å². The third kappa shape index (κ3) is 20100. The molecule has 0 spiro atoms. The van der Waals surface area contributed by atoms with Gasteiger partial charge in [0.15, 0.2) is 0 Å². The zero-order chi connectivity index (χ0) is 3.58. The number of rotatable bonds is 0. The van der Waals surface area contributed by atoms with E-state index in [1.807, 2.05) is 0 Å². The van der Waals surface area contributed by atoms with E-state index in [-0.39, 0.29) is 31.7 Å². The summed E-state index contributed by atoms with van der Waals surface area (Å²) in [5.74, 6) is 0. The summed E-state index contributed by atoms with van der Waals surface area (Å²) >= 11 is 0. The van der Waals surface area contributed by atoms with Gasteiger partial charge >= 0.3 is 26.2 Å². The molecule has 0 saturated carbocycles. The minimum Gasteiger partial charge on any atom is -0.412 e. The molecule has 0 atom stereocenters. The monoisotopic (exact) mass is 289 g/mol. The van der Waals surface area contributed by atoms with E-state index < -0.39 is 5.09 Å². The van der Waals surface area contributed by atoms with Gasteiger partial charge in [0.2, 0.25) is 0 Å². The van der Waals surface area contributed by atoms with Gasteiger partial charge in [-0.2, -0.15) is 0 Å². The molecule has 0 unspecified atom stereocenters. The molecule has 0 aromatic heterocycles. The van der Waals surface area contributed by atoms with Crippen molar-refractivity contribution in [1.29, 1.82) is 0 Å². The average Bonchev–Trinajstić information content (AvgIpc) is 0.811. The smallest absolute Gasteiger partial charge is 0.412 e. The van der Waals surface area contributed by atoms with Crippen molar-refractivity contribution in [3.8, 4) is 0 Å². The van der Waals surface area contributed by atoms with Crippen LogP contribution in [0, 0.1) is 15.3 Å². The minimum absolute atomic E-state index is 0. The van der Waals surface area contributed by atoms with E-state index in [1.54, 1.807) is 0 Å². The molecule has 2 N–H and O–H groups in total. The van der Waals surface area contributed by atoms with Crippen LogP contribution in [-0.2, 0) is 0 Å². The van der Waals surface area contributed by atoms with Crippen LogP contribution >= 0.6 is 0 Å². The van der Waals surface area contributed by atoms with Crippen molar-refractivity contribution < 1.29 is 10.6 Å². The van der Waals surface area contributed by atoms with E-state index in [9.17, 15) is 0 Å². The second kappa shape index (κ2) is 8.90. The Morgan fingerprint density at radius 2 is 1.33 bits per heavy atom. The standard InChI is InChI=1S/Bi.NO3.H2O/c;2-1(3)4;/h;;1H2/q+3;-1;. The maximum absolute atomic E-state index is 8.25. The van der Waals surface area contributed by atoms with Crippen LogP contribution in [0.2, 0.25) is 0 Å². The molecule has 34 valence electrons. The van der Waals surface area contributed by atoms with E-state index in [0.717, 1.165) is 0 Å². The van der Waals surface area contributed by atoms with Gasteiger partial charge in [0.05, 0.1) is 5.09 Å². The van der Waals surface area contributed by atoms with Crippen LogP contribution < -0.4 is 0 Å². The van der Waals surface area contributed by atoms with Crippen LogP contribution in [0.1, 0.15) is 0 Å². The molecule has 0 aliphatic rings. The summed E-state index contributed by atoms with van der Waals surface area (Å²) < 4.78 is 0. The molecule has 0 fully saturated rings. The van der Waals surface area contributed by atoms with E-state index in [1.165, 1.54) is 0 Å². The molecule has 0 bridgehead atoms. The Kier molecular flexibility index (Phi) is 24.6. The fourth-order valence-corrected chi connectivity index (χ4v) is 0. The van der Waals surface area contributed by atoms with Gasteiger partial charge in [-0.15, -0.1) is 0 Å². The molecule has 6 heavy (non-hydrogen) atoms. The topological polar surface area (TPSA) is 97.7 Å². The molecule has 0 amide bonds. The minimum atomic E-state index is -1.75. The SMILES string of the molecule is O.O=[N+]([O-])[O-].[Bi+3]. The number of nitrogens with zero attached hydrogens (tertiary/aromatic N) is 1. The molecule has 6 heteroatoms. The third-order valence-electron chi connectivity index (χ3n) is 0. The molecule has 0 aromatic rings. The molecule has 0 heterocycles. The van der Waals surface area contributed by atoms with Crippen LogP contribution in [0.15, 0.2) is 0 Å². The third-order valence-corrected chi connectivity index (χ3v) is 0. The molecular formula is H2BiNO4+2. The van der Waals surface area contributed by atoms with Gasteiger partial charge in [-0.25, -0.2) is 0 Å². The molecule has 0 rings (SSSR count). The largest absolute Gasteiger partial charge is 3.00 e. The Morgan fingerprint density at radius 3 is 1.33 bits per heavy atom. The molecule has 0 aliphatic heterocycles. The summed E-state index contributed by atoms with van der Waals surface area (Å²) in [7, 11) is 0. The van der Waals surface area contributed by atoms with E-state index in [2.05, 4.69) is 0 Å². The van der Waals surface area contributed by atoms with Crippen molar-refractivity contribution in [3.63, 3.8) is 0 Å². The Labute approximate surface area is 52.5 Å².